The third-order valence-corrected chi connectivity index (χ3v) is 12.3. The zero-order valence-electron chi connectivity index (χ0n) is 48.5. The molecule has 0 rings (SSSR count). The maximum atomic E-state index is 14.6. The number of hydrogen-bond acceptors (Lipinski definition) is 16. The van der Waals surface area contributed by atoms with Crippen molar-refractivity contribution in [2.45, 2.75) is 171 Å². The monoisotopic (exact) mass is 1190 g/mol. The molecule has 0 aromatic carbocycles. The largest absolute Gasteiger partial charge is 0.461 e. The van der Waals surface area contributed by atoms with E-state index in [1.54, 1.807) is 6.92 Å². The molecule has 0 heterocycles. The minimum atomic E-state index is -1.46. The van der Waals surface area contributed by atoms with Crippen LogP contribution in [0.1, 0.15) is 123 Å². The van der Waals surface area contributed by atoms with E-state index in [9.17, 15) is 33.6 Å². The van der Waals surface area contributed by atoms with E-state index in [2.05, 4.69) is 69.1 Å². The quantitative estimate of drug-likeness (QED) is 0.0117. The van der Waals surface area contributed by atoms with E-state index in [1.807, 2.05) is 6.92 Å². The van der Waals surface area contributed by atoms with Crippen LogP contribution >= 0.6 is 0 Å². The molecule has 0 aliphatic rings. The lowest BCUT2D eigenvalue weighted by molar-refractivity contribution is -0.153. The Morgan fingerprint density at radius 2 is 0.548 bits per heavy atom. The maximum Gasteiger partial charge on any atom is 0.328 e. The molecule has 36 N–H and O–H groups in total. The van der Waals surface area contributed by atoms with Gasteiger partial charge in [-0.1, -0.05) is 19.8 Å². The molecule has 0 saturated heterocycles. The number of nitrogens with two attached hydrogens (primary N) is 8. The van der Waals surface area contributed by atoms with Gasteiger partial charge in [-0.3, -0.25) is 66.6 Å². The van der Waals surface area contributed by atoms with Crippen LogP contribution in [0.2, 0.25) is 0 Å². The molecular formula is C48H98N28O8. The van der Waals surface area contributed by atoms with Gasteiger partial charge in [-0.15, -0.1) is 0 Å². The van der Waals surface area contributed by atoms with Crippen LogP contribution < -0.4 is 115 Å². The van der Waals surface area contributed by atoms with Gasteiger partial charge in [-0.2, -0.15) is 0 Å². The van der Waals surface area contributed by atoms with E-state index in [0.717, 1.165) is 12.8 Å². The molecule has 0 aliphatic heterocycles. The highest BCUT2D eigenvalue weighted by atomic mass is 16.5. The summed E-state index contributed by atoms with van der Waals surface area (Å²) < 4.78 is 5.69. The van der Waals surface area contributed by atoms with Crippen molar-refractivity contribution < 1.29 is 38.3 Å². The van der Waals surface area contributed by atoms with Crippen LogP contribution in [0.4, 0.5) is 0 Å². The van der Waals surface area contributed by atoms with Crippen molar-refractivity contribution in [1.29, 1.82) is 37.9 Å². The van der Waals surface area contributed by atoms with Crippen molar-refractivity contribution >= 4 is 83.1 Å². The summed E-state index contributed by atoms with van der Waals surface area (Å²) in [5.41, 5.74) is 44.4. The Morgan fingerprint density at radius 3 is 0.786 bits per heavy atom. The second-order valence-corrected chi connectivity index (χ2v) is 19.7. The maximum absolute atomic E-state index is 14.6. The van der Waals surface area contributed by atoms with E-state index in [0.29, 0.717) is 12.8 Å². The first-order chi connectivity index (χ1) is 39.7. The number of esters is 1. The molecule has 84 heavy (non-hydrogen) atoms. The number of ether oxygens (including phenoxy) is 1. The molecule has 36 nitrogen and oxygen atoms in total. The summed E-state index contributed by atoms with van der Waals surface area (Å²) in [5.74, 6) is -8.14. The van der Waals surface area contributed by atoms with Crippen molar-refractivity contribution in [3.05, 3.63) is 0 Å². The lowest BCUT2D eigenvalue weighted by Crippen LogP contribution is -2.60. The average Bonchev–Trinajstić information content (AvgIpc) is 3.61. The molecule has 8 atom stereocenters. The first-order valence-electron chi connectivity index (χ1n) is 28.0. The van der Waals surface area contributed by atoms with Crippen LogP contribution in [0.3, 0.4) is 0 Å². The summed E-state index contributed by atoms with van der Waals surface area (Å²) in [5, 5.41) is 87.2. The van der Waals surface area contributed by atoms with Gasteiger partial charge in [-0.25, -0.2) is 4.79 Å². The Kier molecular flexibility index (Phi) is 39.2. The van der Waals surface area contributed by atoms with Crippen molar-refractivity contribution in [2.75, 3.05) is 45.8 Å². The Morgan fingerprint density at radius 1 is 0.333 bits per heavy atom. The van der Waals surface area contributed by atoms with Gasteiger partial charge in [0.05, 0.1) is 12.1 Å². The van der Waals surface area contributed by atoms with Gasteiger partial charge in [-0.05, 0) is 103 Å². The average molecular weight is 1200 g/mol. The van der Waals surface area contributed by atoms with Gasteiger partial charge in [0.25, 0.3) is 0 Å². The molecule has 0 aliphatic carbocycles. The van der Waals surface area contributed by atoms with Gasteiger partial charge < -0.3 is 120 Å². The number of unbranched alkanes of at least 4 members (excludes halogenated alkanes) is 1. The van der Waals surface area contributed by atoms with Crippen molar-refractivity contribution in [2.24, 2.45) is 45.9 Å². The van der Waals surface area contributed by atoms with Crippen LogP contribution in [-0.4, -0.2) is 177 Å². The minimum Gasteiger partial charge on any atom is -0.461 e. The lowest BCUT2D eigenvalue weighted by atomic mass is 10.0. The van der Waals surface area contributed by atoms with E-state index in [-0.39, 0.29) is 171 Å². The molecule has 0 aromatic rings. The number of nitrogens with one attached hydrogen (secondary N) is 20. The number of guanidine groups is 7. The molecule has 0 saturated carbocycles. The highest BCUT2D eigenvalue weighted by Gasteiger charge is 2.34. The zero-order chi connectivity index (χ0) is 63.6. The molecular weight excluding hydrogens is 1100 g/mol. The second-order valence-electron chi connectivity index (χ2n) is 19.7. The summed E-state index contributed by atoms with van der Waals surface area (Å²) in [4.78, 5) is 99.0. The highest BCUT2D eigenvalue weighted by Crippen LogP contribution is 2.12. The number of carbonyl (C=O) groups excluding carboxylic acids is 7. The summed E-state index contributed by atoms with van der Waals surface area (Å²) in [6, 6.07) is -9.31. The summed E-state index contributed by atoms with van der Waals surface area (Å²) in [6.45, 7) is 4.55. The van der Waals surface area contributed by atoms with Gasteiger partial charge in [0.15, 0.2) is 41.7 Å². The van der Waals surface area contributed by atoms with Crippen LogP contribution in [0.5, 0.6) is 0 Å². The van der Waals surface area contributed by atoms with Crippen LogP contribution in [0.25, 0.3) is 0 Å². The third-order valence-electron chi connectivity index (χ3n) is 12.3. The van der Waals surface area contributed by atoms with Gasteiger partial charge >= 0.3 is 5.97 Å². The Bertz CT molecular complexity index is 2150. The predicted molar refractivity (Wildman–Crippen MR) is 319 cm³/mol. The first kappa shape index (κ1) is 75.1. The topological polar surface area (TPSA) is 660 Å². The van der Waals surface area contributed by atoms with Gasteiger partial charge in [0.1, 0.15) is 36.3 Å². The Balaban J connectivity index is 7.26. The van der Waals surface area contributed by atoms with Crippen LogP contribution in [-0.2, 0) is 38.3 Å². The molecule has 0 fully saturated rings. The molecule has 0 radical (unpaired) electrons. The van der Waals surface area contributed by atoms with Gasteiger partial charge in [0, 0.05) is 45.8 Å². The predicted octanol–water partition coefficient (Wildman–Crippen LogP) is -6.81. The van der Waals surface area contributed by atoms with Crippen molar-refractivity contribution in [1.82, 2.24) is 69.1 Å². The highest BCUT2D eigenvalue weighted by molar-refractivity contribution is 5.97. The van der Waals surface area contributed by atoms with Crippen molar-refractivity contribution in [3.8, 4) is 0 Å². The molecule has 36 heteroatoms. The molecule has 8 unspecified atom stereocenters. The number of rotatable bonds is 45. The Hall–Kier alpha value is -8.86. The number of carbonyl (C=O) groups is 7. The van der Waals surface area contributed by atoms with Crippen LogP contribution in [0, 0.1) is 37.9 Å². The van der Waals surface area contributed by atoms with Crippen molar-refractivity contribution in [3.63, 3.8) is 0 Å². The molecule has 0 bridgehead atoms. The minimum absolute atomic E-state index is 0.0282. The molecule has 0 spiro atoms. The third kappa shape index (κ3) is 38.0. The van der Waals surface area contributed by atoms with E-state index in [4.69, 9.17) is 88.5 Å². The summed E-state index contributed by atoms with van der Waals surface area (Å²) >= 11 is 0. The molecule has 478 valence electrons. The standard InChI is InChI=1S/C48H98N28O8/c1-3-4-12-27(2)84-41(83)34(19-11-26-70-48(62)63)76-40(82)33(18-10-25-69-47(60)61)75-39(81)32(17-9-24-68-46(58)59)74-38(80)31(16-8-23-67-45(56)57)73-37(79)30(15-7-22-66-44(54)55)72-36(78)29(14-6-21-65-43(52)53)71-35(77)28(49)13-5-20-64-42(50)51/h27-34H,3-26,49H2,1-2H3,(H,71,77)(H,72,78)(H,73,79)(H,74,80)(H,75,81)(H,76,82)(H4,50,51,64)(H4,52,53,65)(H4,54,55,66)(H4,56,57,67)(H4,58,59,68)(H4,60,61,69)(H4,62,63,70). The van der Waals surface area contributed by atoms with Crippen LogP contribution in [0.15, 0.2) is 0 Å². The second kappa shape index (κ2) is 43.8. The fraction of sp³-hybridized carbons (Fsp3) is 0.708. The smallest absolute Gasteiger partial charge is 0.328 e. The molecule has 0 aromatic heterocycles. The first-order valence-corrected chi connectivity index (χ1v) is 28.0. The lowest BCUT2D eigenvalue weighted by Gasteiger charge is -2.28. The van der Waals surface area contributed by atoms with Gasteiger partial charge in [0.2, 0.25) is 35.4 Å². The van der Waals surface area contributed by atoms with E-state index >= 15 is 0 Å². The zero-order valence-corrected chi connectivity index (χ0v) is 48.5. The summed E-state index contributed by atoms with van der Waals surface area (Å²) in [6.07, 6.45) is 2.69. The summed E-state index contributed by atoms with van der Waals surface area (Å²) in [7, 11) is 0. The number of amides is 6. The SMILES string of the molecule is CCCCC(C)OC(=O)C(CCCNC(=N)N)NC(=O)C(CCCNC(=N)N)NC(=O)C(CCCNC(=N)N)NC(=O)C(CCCNC(=N)N)NC(=O)C(CCCNC(=N)N)NC(=O)C(CCCNC(=N)N)NC(=O)C(N)CCCNC(=N)N. The molecule has 6 amide bonds. The Labute approximate surface area is 490 Å². The number of hydrogen-bond donors (Lipinski definition) is 28. The van der Waals surface area contributed by atoms with E-state index in [1.165, 1.54) is 0 Å². The fourth-order valence-electron chi connectivity index (χ4n) is 7.92. The van der Waals surface area contributed by atoms with E-state index < -0.39 is 89.8 Å². The normalized spacial score (nSPS) is 13.5. The fourth-order valence-corrected chi connectivity index (χ4v) is 7.92.